The zero-order chi connectivity index (χ0) is 18.1. The van der Waals surface area contributed by atoms with E-state index < -0.39 is 0 Å². The summed E-state index contributed by atoms with van der Waals surface area (Å²) in [5.74, 6) is 0.630. The molecule has 0 fully saturated rings. The van der Waals surface area contributed by atoms with E-state index in [2.05, 4.69) is 10.00 Å². The second-order valence-corrected chi connectivity index (χ2v) is 6.82. The minimum absolute atomic E-state index is 0.574. The van der Waals surface area contributed by atoms with E-state index in [0.29, 0.717) is 17.5 Å². The molecular formula is C20H19ClN4O. The van der Waals surface area contributed by atoms with Crippen LogP contribution in [0.3, 0.4) is 0 Å². The molecule has 0 saturated heterocycles. The molecule has 0 N–H and O–H groups in total. The Balaban J connectivity index is 1.86. The average molecular weight is 367 g/mol. The molecule has 6 heteroatoms. The number of ether oxygens (including phenoxy) is 1. The lowest BCUT2D eigenvalue weighted by atomic mass is 10.1. The van der Waals surface area contributed by atoms with Gasteiger partial charge in [0.05, 0.1) is 17.1 Å². The maximum atomic E-state index is 6.02. The van der Waals surface area contributed by atoms with E-state index in [1.165, 1.54) is 0 Å². The van der Waals surface area contributed by atoms with E-state index in [1.807, 2.05) is 73.3 Å². The van der Waals surface area contributed by atoms with Crippen LogP contribution in [0, 0.1) is 0 Å². The van der Waals surface area contributed by atoms with Crippen LogP contribution in [0.25, 0.3) is 27.7 Å². The molecule has 5 nitrogen and oxygen atoms in total. The first-order chi connectivity index (χ1) is 12.6. The van der Waals surface area contributed by atoms with Gasteiger partial charge in [-0.25, -0.2) is 4.52 Å². The van der Waals surface area contributed by atoms with E-state index >= 15 is 0 Å². The number of halogens is 1. The Kier molecular flexibility index (Phi) is 4.49. The summed E-state index contributed by atoms with van der Waals surface area (Å²) in [6.45, 7) is 1.40. The molecule has 0 radical (unpaired) electrons. The van der Waals surface area contributed by atoms with E-state index in [9.17, 15) is 0 Å². The summed E-state index contributed by atoms with van der Waals surface area (Å²) in [5.41, 5.74) is 3.71. The number of aromatic nitrogens is 3. The van der Waals surface area contributed by atoms with Crippen LogP contribution in [0.4, 0.5) is 0 Å². The smallest absolute Gasteiger partial charge is 0.225 e. The van der Waals surface area contributed by atoms with Gasteiger partial charge in [0.2, 0.25) is 5.88 Å². The first kappa shape index (κ1) is 16.8. The van der Waals surface area contributed by atoms with Crippen molar-refractivity contribution in [3.05, 3.63) is 59.8 Å². The molecule has 0 aliphatic carbocycles. The molecular weight excluding hydrogens is 348 g/mol. The average Bonchev–Trinajstić information content (AvgIpc) is 3.06. The van der Waals surface area contributed by atoms with Gasteiger partial charge in [0, 0.05) is 17.1 Å². The van der Waals surface area contributed by atoms with Gasteiger partial charge < -0.3 is 9.64 Å². The Morgan fingerprint density at radius 2 is 1.85 bits per heavy atom. The fourth-order valence-corrected chi connectivity index (χ4v) is 3.02. The molecule has 0 bridgehead atoms. The Bertz CT molecular complexity index is 1060. The van der Waals surface area contributed by atoms with E-state index in [-0.39, 0.29) is 0 Å². The highest BCUT2D eigenvalue weighted by Crippen LogP contribution is 2.30. The number of likely N-dealkylation sites (N-methyl/N-ethyl adjacent to an activating group) is 1. The largest absolute Gasteiger partial charge is 0.476 e. The molecule has 4 aromatic rings. The quantitative estimate of drug-likeness (QED) is 0.532. The fourth-order valence-electron chi connectivity index (χ4n) is 2.89. The predicted molar refractivity (Wildman–Crippen MR) is 105 cm³/mol. The maximum Gasteiger partial charge on any atom is 0.225 e. The lowest BCUT2D eigenvalue weighted by Crippen LogP contribution is -2.19. The molecule has 0 aliphatic rings. The summed E-state index contributed by atoms with van der Waals surface area (Å²) in [4.78, 5) is 6.87. The molecule has 132 valence electrons. The van der Waals surface area contributed by atoms with Crippen LogP contribution >= 0.6 is 11.6 Å². The van der Waals surface area contributed by atoms with Gasteiger partial charge in [0.15, 0.2) is 5.65 Å². The summed E-state index contributed by atoms with van der Waals surface area (Å²) >= 11 is 6.02. The number of nitrogens with zero attached hydrogens (tertiary/aromatic N) is 4. The van der Waals surface area contributed by atoms with Crippen LogP contribution in [0.5, 0.6) is 5.88 Å². The Morgan fingerprint density at radius 3 is 2.62 bits per heavy atom. The van der Waals surface area contributed by atoms with Crippen molar-refractivity contribution in [2.45, 2.75) is 0 Å². The van der Waals surface area contributed by atoms with Crippen LogP contribution < -0.4 is 4.74 Å². The fraction of sp³-hybridized carbons (Fsp3) is 0.200. The van der Waals surface area contributed by atoms with E-state index in [1.54, 1.807) is 0 Å². The third kappa shape index (κ3) is 3.11. The molecule has 2 aromatic heterocycles. The number of hydrogen-bond donors (Lipinski definition) is 0. The molecule has 4 rings (SSSR count). The van der Waals surface area contributed by atoms with Gasteiger partial charge in [-0.2, -0.15) is 10.1 Å². The third-order valence-electron chi connectivity index (χ3n) is 4.25. The van der Waals surface area contributed by atoms with Gasteiger partial charge in [0.25, 0.3) is 0 Å². The van der Waals surface area contributed by atoms with Crippen molar-refractivity contribution in [1.82, 2.24) is 19.5 Å². The molecule has 0 atom stereocenters. The summed E-state index contributed by atoms with van der Waals surface area (Å²) < 4.78 is 7.86. The van der Waals surface area contributed by atoms with Crippen molar-refractivity contribution in [1.29, 1.82) is 0 Å². The number of fused-ring (bicyclic) bond motifs is 3. The van der Waals surface area contributed by atoms with Crippen LogP contribution in [-0.2, 0) is 0 Å². The molecule has 0 aliphatic heterocycles. The Morgan fingerprint density at radius 1 is 1.08 bits per heavy atom. The SMILES string of the molecule is CN(C)CCOc1nc2c(-c3ccc(Cl)cc3)cnn2c2ccccc12. The second kappa shape index (κ2) is 6.94. The molecule has 0 saturated carbocycles. The monoisotopic (exact) mass is 366 g/mol. The van der Waals surface area contributed by atoms with Gasteiger partial charge in [0.1, 0.15) is 6.61 Å². The zero-order valence-electron chi connectivity index (χ0n) is 14.7. The highest BCUT2D eigenvalue weighted by molar-refractivity contribution is 6.30. The number of benzene rings is 2. The molecule has 0 spiro atoms. The first-order valence-electron chi connectivity index (χ1n) is 8.43. The molecule has 2 heterocycles. The molecule has 2 aromatic carbocycles. The summed E-state index contributed by atoms with van der Waals surface area (Å²) in [5, 5.41) is 6.21. The van der Waals surface area contributed by atoms with E-state index in [4.69, 9.17) is 21.3 Å². The van der Waals surface area contributed by atoms with Gasteiger partial charge in [-0.05, 0) is 43.9 Å². The maximum absolute atomic E-state index is 6.02. The van der Waals surface area contributed by atoms with Crippen LogP contribution in [0.15, 0.2) is 54.7 Å². The lowest BCUT2D eigenvalue weighted by molar-refractivity contribution is 0.257. The lowest BCUT2D eigenvalue weighted by Gasteiger charge is -2.13. The van der Waals surface area contributed by atoms with Crippen LogP contribution in [0.1, 0.15) is 0 Å². The predicted octanol–water partition coefficient (Wildman–Crippen LogP) is 4.14. The number of hydrogen-bond acceptors (Lipinski definition) is 4. The van der Waals surface area contributed by atoms with Crippen molar-refractivity contribution >= 4 is 28.2 Å². The molecule has 0 amide bonds. The van der Waals surface area contributed by atoms with Gasteiger partial charge in [-0.3, -0.25) is 0 Å². The highest BCUT2D eigenvalue weighted by Gasteiger charge is 2.15. The van der Waals surface area contributed by atoms with Crippen LogP contribution in [-0.4, -0.2) is 46.7 Å². The standard InChI is InChI=1S/C20H19ClN4O/c1-24(2)11-12-26-20-16-5-3-4-6-18(16)25-19(23-20)17(13-22-25)14-7-9-15(21)10-8-14/h3-10,13H,11-12H2,1-2H3. The summed E-state index contributed by atoms with van der Waals surface area (Å²) in [6.07, 6.45) is 1.83. The zero-order valence-corrected chi connectivity index (χ0v) is 15.4. The normalized spacial score (nSPS) is 11.5. The van der Waals surface area contributed by atoms with Crippen molar-refractivity contribution < 1.29 is 4.74 Å². The first-order valence-corrected chi connectivity index (χ1v) is 8.81. The van der Waals surface area contributed by atoms with E-state index in [0.717, 1.165) is 34.2 Å². The van der Waals surface area contributed by atoms with Crippen molar-refractivity contribution in [2.24, 2.45) is 0 Å². The van der Waals surface area contributed by atoms with Crippen molar-refractivity contribution in [2.75, 3.05) is 27.2 Å². The summed E-state index contributed by atoms with van der Waals surface area (Å²) in [7, 11) is 4.04. The third-order valence-corrected chi connectivity index (χ3v) is 4.50. The minimum Gasteiger partial charge on any atom is -0.476 e. The highest BCUT2D eigenvalue weighted by atomic mass is 35.5. The summed E-state index contributed by atoms with van der Waals surface area (Å²) in [6, 6.07) is 15.7. The van der Waals surface area contributed by atoms with Crippen molar-refractivity contribution in [3.63, 3.8) is 0 Å². The Hall–Kier alpha value is -2.63. The van der Waals surface area contributed by atoms with Crippen molar-refractivity contribution in [3.8, 4) is 17.0 Å². The minimum atomic E-state index is 0.574. The topological polar surface area (TPSA) is 42.7 Å². The number of rotatable bonds is 5. The van der Waals surface area contributed by atoms with Gasteiger partial charge in [-0.15, -0.1) is 0 Å². The second-order valence-electron chi connectivity index (χ2n) is 6.39. The Labute approximate surface area is 156 Å². The number of para-hydroxylation sites is 1. The van der Waals surface area contributed by atoms with Gasteiger partial charge in [-0.1, -0.05) is 35.9 Å². The molecule has 0 unspecified atom stereocenters. The van der Waals surface area contributed by atoms with Gasteiger partial charge >= 0.3 is 0 Å². The van der Waals surface area contributed by atoms with Crippen LogP contribution in [0.2, 0.25) is 5.02 Å². The molecule has 26 heavy (non-hydrogen) atoms.